The van der Waals surface area contributed by atoms with Gasteiger partial charge in [-0.1, -0.05) is 212 Å². The van der Waals surface area contributed by atoms with Crippen molar-refractivity contribution in [3.63, 3.8) is 0 Å². The highest BCUT2D eigenvalue weighted by molar-refractivity contribution is 5.76. The number of aliphatic hydroxyl groups excluding tert-OH is 3. The number of alkyl halides is 1. The summed E-state index contributed by atoms with van der Waals surface area (Å²) < 4.78 is 24.2. The van der Waals surface area contributed by atoms with Crippen LogP contribution in [0.5, 0.6) is 0 Å². The molecule has 1 heterocycles. The predicted molar refractivity (Wildman–Crippen MR) is 246 cm³/mol. The largest absolute Gasteiger partial charge is 0.394 e. The minimum Gasteiger partial charge on any atom is -0.394 e. The average molecular weight is 886 g/mol. The lowest BCUT2D eigenvalue weighted by Gasteiger charge is -2.66. The van der Waals surface area contributed by atoms with E-state index in [0.717, 1.165) is 64.2 Å². The van der Waals surface area contributed by atoms with E-state index in [-0.39, 0.29) is 12.5 Å². The highest BCUT2D eigenvalue weighted by atomic mass is 19.1. The fourth-order valence-electron chi connectivity index (χ4n) is 10.5. The number of halogens is 1. The average Bonchev–Trinajstić information content (AvgIpc) is 3.23. The van der Waals surface area contributed by atoms with Gasteiger partial charge in [-0.2, -0.15) is 0 Å². The monoisotopic (exact) mass is 886 g/mol. The number of rotatable bonds is 42. The molecule has 4 aliphatic rings. The van der Waals surface area contributed by atoms with Crippen molar-refractivity contribution in [2.24, 2.45) is 5.41 Å². The summed E-state index contributed by atoms with van der Waals surface area (Å²) in [6.07, 6.45) is 40.3. The summed E-state index contributed by atoms with van der Waals surface area (Å²) in [6, 6.07) is -0.550. The Bertz CT molecular complexity index is 1120. The van der Waals surface area contributed by atoms with Crippen LogP contribution in [0.25, 0.3) is 0 Å². The van der Waals surface area contributed by atoms with Crippen LogP contribution in [0, 0.1) is 5.41 Å². The van der Waals surface area contributed by atoms with E-state index in [0.29, 0.717) is 18.3 Å². The van der Waals surface area contributed by atoms with Crippen LogP contribution >= 0.6 is 0 Å². The molecule has 0 spiro atoms. The van der Waals surface area contributed by atoms with Crippen molar-refractivity contribution in [1.82, 2.24) is 5.32 Å². The summed E-state index contributed by atoms with van der Waals surface area (Å²) in [5.41, 5.74) is -0.297. The van der Waals surface area contributed by atoms with E-state index in [2.05, 4.69) is 12.2 Å². The maximum atomic E-state index is 13.6. The van der Waals surface area contributed by atoms with Crippen LogP contribution in [0.1, 0.15) is 257 Å². The van der Waals surface area contributed by atoms with Gasteiger partial charge in [-0.25, -0.2) is 4.39 Å². The van der Waals surface area contributed by atoms with Gasteiger partial charge in [-0.3, -0.25) is 4.79 Å². The Kier molecular flexibility index (Phi) is 27.8. The first-order chi connectivity index (χ1) is 29.9. The molecule has 7 N–H and O–H groups in total. The molecule has 1 unspecified atom stereocenters. The van der Waals surface area contributed by atoms with Crippen LogP contribution in [-0.2, 0) is 14.3 Å². The van der Waals surface area contributed by atoms with Crippen molar-refractivity contribution in [2.75, 3.05) is 13.2 Å². The number of hydrogen-bond acceptors (Lipinski definition) is 9. The van der Waals surface area contributed by atoms with Gasteiger partial charge in [0, 0.05) is 6.42 Å². The third kappa shape index (κ3) is 20.7. The Morgan fingerprint density at radius 3 is 1.42 bits per heavy atom. The first-order valence-corrected chi connectivity index (χ1v) is 26.3. The van der Waals surface area contributed by atoms with Gasteiger partial charge < -0.3 is 45.4 Å². The maximum absolute atomic E-state index is 13.6. The lowest BCUT2D eigenvalue weighted by molar-refractivity contribution is -0.525. The van der Waals surface area contributed by atoms with E-state index in [1.807, 2.05) is 0 Å². The molecular formula is C51H96FNO9. The van der Waals surface area contributed by atoms with Crippen LogP contribution in [-0.4, -0.2) is 91.5 Å². The van der Waals surface area contributed by atoms with Crippen molar-refractivity contribution in [2.45, 2.75) is 299 Å². The molecule has 4 rings (SSSR count). The molecule has 3 saturated carbocycles. The molecule has 1 aliphatic heterocycles. The van der Waals surface area contributed by atoms with Crippen LogP contribution < -0.4 is 5.32 Å². The zero-order valence-corrected chi connectivity index (χ0v) is 39.6. The minimum absolute atomic E-state index is 0.135. The zero-order valence-electron chi connectivity index (χ0n) is 39.6. The second kappa shape index (κ2) is 31.1. The van der Waals surface area contributed by atoms with Crippen molar-refractivity contribution in [3.05, 3.63) is 0 Å². The molecule has 4 fully saturated rings. The van der Waals surface area contributed by atoms with Crippen LogP contribution in [0.2, 0.25) is 0 Å². The summed E-state index contributed by atoms with van der Waals surface area (Å²) in [6.45, 7) is 1.13. The number of ether oxygens (including phenoxy) is 2. The Balaban J connectivity index is 1.18. The van der Waals surface area contributed by atoms with Crippen molar-refractivity contribution >= 4 is 5.91 Å². The summed E-state index contributed by atoms with van der Waals surface area (Å²) >= 11 is 0. The molecule has 11 heteroatoms. The van der Waals surface area contributed by atoms with E-state index in [4.69, 9.17) is 9.47 Å². The topological polar surface area (TPSA) is 169 Å². The number of unbranched alkanes of at least 4 members (excludes halogenated alkanes) is 31. The minimum atomic E-state index is -3.37. The molecule has 366 valence electrons. The highest BCUT2D eigenvalue weighted by Crippen LogP contribution is 2.71. The normalized spacial score (nSPS) is 26.9. The van der Waals surface area contributed by atoms with Crippen molar-refractivity contribution in [1.29, 1.82) is 0 Å². The van der Waals surface area contributed by atoms with Crippen LogP contribution in [0.4, 0.5) is 4.39 Å². The number of amides is 1. The maximum Gasteiger partial charge on any atom is 0.341 e. The standard InChI is InChI=1S/C51H96FNO9/c1-2-3-4-5-6-7-8-9-17-20-23-26-29-32-35-43(39-61-51(60)50(58,59)47(57)46(56)44(38-54)62-51)53-45(55)36-33-30-27-24-21-18-15-13-11-10-12-14-16-19-22-25-28-31-34-37-48-40-49(52,41-48)42-48/h43-44,46-47,54,56-60H,2-42H2,1H3,(H,53,55)/t43?,44-,46+,47+,48?,49?,51+/m1/s1. The predicted octanol–water partition coefficient (Wildman–Crippen LogP) is 10.9. The fourth-order valence-corrected chi connectivity index (χ4v) is 10.5. The van der Waals surface area contributed by atoms with Crippen molar-refractivity contribution in [3.8, 4) is 0 Å². The quantitative estimate of drug-likeness (QED) is 0.0233. The molecule has 0 aromatic heterocycles. The van der Waals surface area contributed by atoms with Crippen LogP contribution in [0.15, 0.2) is 0 Å². The Morgan fingerprint density at radius 1 is 0.629 bits per heavy atom. The lowest BCUT2D eigenvalue weighted by atomic mass is 9.41. The number of carbonyl (C=O) groups is 1. The molecule has 10 nitrogen and oxygen atoms in total. The van der Waals surface area contributed by atoms with Gasteiger partial charge >= 0.3 is 5.97 Å². The fraction of sp³-hybridized carbons (Fsp3) is 0.980. The Hall–Kier alpha value is -0.920. The van der Waals surface area contributed by atoms with E-state index in [1.54, 1.807) is 0 Å². The van der Waals surface area contributed by atoms with Gasteiger partial charge in [0.15, 0.2) is 0 Å². The van der Waals surface area contributed by atoms with Gasteiger partial charge in [0.1, 0.15) is 24.0 Å². The Labute approximate surface area is 377 Å². The van der Waals surface area contributed by atoms with E-state index in [9.17, 15) is 39.8 Å². The third-order valence-corrected chi connectivity index (χ3v) is 14.5. The van der Waals surface area contributed by atoms with Gasteiger partial charge in [0.05, 0.1) is 19.3 Å². The summed E-state index contributed by atoms with van der Waals surface area (Å²) in [5, 5.41) is 64.8. The van der Waals surface area contributed by atoms with Crippen molar-refractivity contribution < 1.29 is 49.3 Å². The van der Waals surface area contributed by atoms with Crippen LogP contribution in [0.3, 0.4) is 0 Å². The molecule has 0 aromatic carbocycles. The SMILES string of the molecule is CCCCCCCCCCCCCCCCC(CO[C@]1(O)O[C@H](CO)[C@H](O)[C@H](O)C1(O)O)NC(=O)CCCCCCCCCCCCCCCCCCCCCC12CC(F)(C1)C2. The molecule has 5 atom stereocenters. The first-order valence-electron chi connectivity index (χ1n) is 26.3. The summed E-state index contributed by atoms with van der Waals surface area (Å²) in [7, 11) is 0. The molecule has 62 heavy (non-hydrogen) atoms. The Morgan fingerprint density at radius 2 is 1.02 bits per heavy atom. The smallest absolute Gasteiger partial charge is 0.341 e. The van der Waals surface area contributed by atoms with Gasteiger partial charge in [0.2, 0.25) is 5.91 Å². The van der Waals surface area contributed by atoms with Gasteiger partial charge in [0.25, 0.3) is 5.79 Å². The third-order valence-electron chi connectivity index (χ3n) is 14.5. The second-order valence-corrected chi connectivity index (χ2v) is 20.4. The highest BCUT2D eigenvalue weighted by Gasteiger charge is 2.68. The first kappa shape index (κ1) is 55.4. The molecular weight excluding hydrogens is 790 g/mol. The summed E-state index contributed by atoms with van der Waals surface area (Å²) in [5.74, 6) is -6.64. The lowest BCUT2D eigenvalue weighted by Crippen LogP contribution is -2.74. The molecule has 3 aliphatic carbocycles. The second-order valence-electron chi connectivity index (χ2n) is 20.4. The molecule has 0 aromatic rings. The molecule has 1 saturated heterocycles. The number of carbonyl (C=O) groups excluding carboxylic acids is 1. The number of aliphatic hydroxyl groups is 6. The number of nitrogens with one attached hydrogen (secondary N) is 1. The summed E-state index contributed by atoms with van der Waals surface area (Å²) in [4.78, 5) is 13.0. The van der Waals surface area contributed by atoms with Gasteiger partial charge in [-0.05, 0) is 43.9 Å². The van der Waals surface area contributed by atoms with E-state index >= 15 is 0 Å². The zero-order chi connectivity index (χ0) is 45.0. The molecule has 1 amide bonds. The molecule has 2 bridgehead atoms. The molecule has 0 radical (unpaired) electrons. The van der Waals surface area contributed by atoms with E-state index in [1.165, 1.54) is 173 Å². The number of hydrogen-bond donors (Lipinski definition) is 7. The van der Waals surface area contributed by atoms with E-state index < -0.39 is 48.4 Å². The van der Waals surface area contributed by atoms with Gasteiger partial charge in [-0.15, -0.1) is 0 Å².